The summed E-state index contributed by atoms with van der Waals surface area (Å²) in [6.45, 7) is 4.00. The molecule has 0 radical (unpaired) electrons. The summed E-state index contributed by atoms with van der Waals surface area (Å²) in [5.74, 6) is 0.766. The quantitative estimate of drug-likeness (QED) is 0.820. The minimum Gasteiger partial charge on any atom is -0.300 e. The molecule has 2 atom stereocenters. The average molecular weight is 415 g/mol. The van der Waals surface area contributed by atoms with E-state index in [0.717, 1.165) is 4.31 Å². The van der Waals surface area contributed by atoms with Crippen molar-refractivity contribution in [2.75, 3.05) is 24.6 Å². The lowest BCUT2D eigenvalue weighted by molar-refractivity contribution is 0.368. The molecule has 1 aromatic rings. The molecule has 2 aliphatic rings. The van der Waals surface area contributed by atoms with E-state index in [-0.39, 0.29) is 28.6 Å². The Bertz CT molecular complexity index is 983. The fourth-order valence-electron chi connectivity index (χ4n) is 2.99. The van der Waals surface area contributed by atoms with Crippen molar-refractivity contribution in [3.05, 3.63) is 28.1 Å². The molecule has 10 heteroatoms. The van der Waals surface area contributed by atoms with Gasteiger partial charge in [-0.1, -0.05) is 13.0 Å². The third-order valence-corrected chi connectivity index (χ3v) is 7.13. The Balaban J connectivity index is 2.23. The van der Waals surface area contributed by atoms with Gasteiger partial charge in [-0.15, -0.1) is 11.8 Å². The van der Waals surface area contributed by atoms with Crippen LogP contribution in [0.5, 0.6) is 0 Å². The molecule has 1 aliphatic carbocycles. The lowest BCUT2D eigenvalue weighted by atomic mass is 9.95. The highest BCUT2D eigenvalue weighted by atomic mass is 32.2. The summed E-state index contributed by atoms with van der Waals surface area (Å²) in [4.78, 5) is 17.1. The molecule has 2 heterocycles. The SMILES string of the molecule is Cc1c(N=C2C=CC(C)CC2F)c(NS(=O)(=O)N(C)C)c2n(c1=O)CCS2. The van der Waals surface area contributed by atoms with Gasteiger partial charge in [0.25, 0.3) is 5.56 Å². The minimum absolute atomic E-state index is 0.105. The zero-order valence-electron chi connectivity index (χ0n) is 15.7. The number of nitrogens with one attached hydrogen (secondary N) is 1. The molecule has 1 aromatic heterocycles. The summed E-state index contributed by atoms with van der Waals surface area (Å²) in [6, 6.07) is 0. The molecule has 2 unspecified atom stereocenters. The molecule has 1 N–H and O–H groups in total. The van der Waals surface area contributed by atoms with E-state index in [4.69, 9.17) is 0 Å². The van der Waals surface area contributed by atoms with Crippen LogP contribution >= 0.6 is 11.8 Å². The molecule has 0 saturated heterocycles. The van der Waals surface area contributed by atoms with Crippen LogP contribution in [0.3, 0.4) is 0 Å². The Labute approximate surface area is 162 Å². The van der Waals surface area contributed by atoms with Crippen LogP contribution in [0.2, 0.25) is 0 Å². The molecule has 148 valence electrons. The maximum Gasteiger partial charge on any atom is 0.301 e. The zero-order chi connectivity index (χ0) is 19.9. The van der Waals surface area contributed by atoms with Gasteiger partial charge in [0.15, 0.2) is 0 Å². The molecule has 3 rings (SSSR count). The maximum absolute atomic E-state index is 14.5. The number of alkyl halides is 1. The second-order valence-corrected chi connectivity index (χ2v) is 9.89. The predicted octanol–water partition coefficient (Wildman–Crippen LogP) is 2.49. The second-order valence-electron chi connectivity index (χ2n) is 6.92. The first kappa shape index (κ1) is 20.1. The largest absolute Gasteiger partial charge is 0.301 e. The van der Waals surface area contributed by atoms with Crippen molar-refractivity contribution < 1.29 is 12.8 Å². The van der Waals surface area contributed by atoms with Crippen LogP contribution in [-0.2, 0) is 16.8 Å². The molecule has 1 aliphatic heterocycles. The van der Waals surface area contributed by atoms with E-state index in [9.17, 15) is 17.6 Å². The third-order valence-electron chi connectivity index (χ3n) is 4.62. The summed E-state index contributed by atoms with van der Waals surface area (Å²) in [5.41, 5.74) is 0.682. The van der Waals surface area contributed by atoms with Crippen LogP contribution in [0, 0.1) is 12.8 Å². The topological polar surface area (TPSA) is 83.8 Å². The van der Waals surface area contributed by atoms with Gasteiger partial charge in [-0.2, -0.15) is 12.7 Å². The highest BCUT2D eigenvalue weighted by Crippen LogP contribution is 2.40. The number of aliphatic imine (C=N–C) groups is 1. The van der Waals surface area contributed by atoms with E-state index in [0.29, 0.717) is 29.3 Å². The first-order chi connectivity index (χ1) is 12.6. The molecule has 0 spiro atoms. The number of halogens is 1. The maximum atomic E-state index is 14.5. The molecule has 0 saturated carbocycles. The number of fused-ring (bicyclic) bond motifs is 1. The fourth-order valence-corrected chi connectivity index (χ4v) is 4.78. The number of rotatable bonds is 4. The Hall–Kier alpha value is -1.65. The summed E-state index contributed by atoms with van der Waals surface area (Å²) in [6.07, 6.45) is 2.53. The number of hydrogen-bond acceptors (Lipinski definition) is 5. The van der Waals surface area contributed by atoms with Gasteiger partial charge in [0.05, 0.1) is 11.4 Å². The van der Waals surface area contributed by atoms with Crippen molar-refractivity contribution in [2.24, 2.45) is 10.9 Å². The minimum atomic E-state index is -3.81. The standard InChI is InChI=1S/C17H23FN4O3S2/c1-10-5-6-13(12(18)9-10)19-14-11(2)16(23)22-7-8-26-17(22)15(14)20-27(24,25)21(3)4/h5-6,10,12,20H,7-9H2,1-4H3. The van der Waals surface area contributed by atoms with E-state index in [1.165, 1.54) is 25.9 Å². The normalized spacial score (nSPS) is 23.9. The van der Waals surface area contributed by atoms with Gasteiger partial charge >= 0.3 is 10.2 Å². The van der Waals surface area contributed by atoms with E-state index in [1.54, 1.807) is 17.6 Å². The highest BCUT2D eigenvalue weighted by molar-refractivity contribution is 7.99. The van der Waals surface area contributed by atoms with Crippen LogP contribution in [0.1, 0.15) is 18.9 Å². The predicted molar refractivity (Wildman–Crippen MR) is 107 cm³/mol. The van der Waals surface area contributed by atoms with Crippen molar-refractivity contribution in [1.29, 1.82) is 0 Å². The number of allylic oxidation sites excluding steroid dienone is 2. The van der Waals surface area contributed by atoms with Crippen molar-refractivity contribution in [1.82, 2.24) is 8.87 Å². The highest BCUT2D eigenvalue weighted by Gasteiger charge is 2.28. The van der Waals surface area contributed by atoms with E-state index in [1.807, 2.05) is 13.0 Å². The van der Waals surface area contributed by atoms with Crippen molar-refractivity contribution in [3.8, 4) is 0 Å². The number of pyridine rings is 1. The number of thioether (sulfide) groups is 1. The van der Waals surface area contributed by atoms with Gasteiger partial charge in [0, 0.05) is 32.0 Å². The zero-order valence-corrected chi connectivity index (χ0v) is 17.3. The molecule has 0 bridgehead atoms. The molecular formula is C17H23FN4O3S2. The molecular weight excluding hydrogens is 391 g/mol. The number of nitrogens with zero attached hydrogens (tertiary/aromatic N) is 3. The lowest BCUT2D eigenvalue weighted by Crippen LogP contribution is -2.31. The lowest BCUT2D eigenvalue weighted by Gasteiger charge is -2.21. The molecule has 0 aromatic carbocycles. The van der Waals surface area contributed by atoms with Crippen LogP contribution in [-0.4, -0.2) is 49.0 Å². The smallest absolute Gasteiger partial charge is 0.300 e. The van der Waals surface area contributed by atoms with Gasteiger partial charge in [-0.3, -0.25) is 9.52 Å². The molecule has 0 fully saturated rings. The van der Waals surface area contributed by atoms with Crippen LogP contribution in [0.4, 0.5) is 15.8 Å². The Morgan fingerprint density at radius 2 is 2.11 bits per heavy atom. The first-order valence-electron chi connectivity index (χ1n) is 8.63. The van der Waals surface area contributed by atoms with Crippen LogP contribution < -0.4 is 10.3 Å². The van der Waals surface area contributed by atoms with Crippen molar-refractivity contribution >= 4 is 39.1 Å². The van der Waals surface area contributed by atoms with Gasteiger partial charge < -0.3 is 4.57 Å². The van der Waals surface area contributed by atoms with E-state index < -0.39 is 16.4 Å². The number of aromatic nitrogens is 1. The van der Waals surface area contributed by atoms with Crippen LogP contribution in [0.15, 0.2) is 27.0 Å². The van der Waals surface area contributed by atoms with Gasteiger partial charge in [0.2, 0.25) is 0 Å². The van der Waals surface area contributed by atoms with Gasteiger partial charge in [0.1, 0.15) is 16.9 Å². The first-order valence-corrected chi connectivity index (χ1v) is 11.1. The molecule has 27 heavy (non-hydrogen) atoms. The third kappa shape index (κ3) is 3.83. The van der Waals surface area contributed by atoms with Gasteiger partial charge in [-0.05, 0) is 25.3 Å². The molecule has 7 nitrogen and oxygen atoms in total. The molecule has 0 amide bonds. The van der Waals surface area contributed by atoms with E-state index >= 15 is 0 Å². The Morgan fingerprint density at radius 1 is 1.41 bits per heavy atom. The Kier molecular flexibility index (Phi) is 5.51. The number of anilines is 1. The van der Waals surface area contributed by atoms with E-state index in [2.05, 4.69) is 9.71 Å². The fraction of sp³-hybridized carbons (Fsp3) is 0.529. The Morgan fingerprint density at radius 3 is 2.74 bits per heavy atom. The number of hydrogen-bond donors (Lipinski definition) is 1. The summed E-state index contributed by atoms with van der Waals surface area (Å²) < 4.78 is 44.4. The summed E-state index contributed by atoms with van der Waals surface area (Å²) in [5, 5.41) is 0.513. The summed E-state index contributed by atoms with van der Waals surface area (Å²) >= 11 is 1.38. The van der Waals surface area contributed by atoms with Gasteiger partial charge in [-0.25, -0.2) is 9.38 Å². The monoisotopic (exact) mass is 414 g/mol. The van der Waals surface area contributed by atoms with Crippen LogP contribution in [0.25, 0.3) is 0 Å². The second kappa shape index (κ2) is 7.40. The average Bonchev–Trinajstić information content (AvgIpc) is 3.07. The van der Waals surface area contributed by atoms with Crippen molar-refractivity contribution in [3.63, 3.8) is 0 Å². The summed E-state index contributed by atoms with van der Waals surface area (Å²) in [7, 11) is -0.997. The van der Waals surface area contributed by atoms with Crippen molar-refractivity contribution in [2.45, 2.75) is 38.0 Å².